The number of hydrogen-bond acceptors (Lipinski definition) is 6. The van der Waals surface area contributed by atoms with E-state index in [1.165, 1.54) is 30.5 Å². The molecule has 0 aliphatic rings. The molecule has 94 valence electrons. The van der Waals surface area contributed by atoms with Crippen molar-refractivity contribution in [2.75, 3.05) is 5.73 Å². The number of rotatable bonds is 3. The van der Waals surface area contributed by atoms with E-state index in [1.807, 2.05) is 6.07 Å². The predicted octanol–water partition coefficient (Wildman–Crippen LogP) is 2.24. The van der Waals surface area contributed by atoms with Crippen molar-refractivity contribution in [1.29, 1.82) is 5.26 Å². The Morgan fingerprint density at radius 2 is 2.05 bits per heavy atom. The molecule has 0 aliphatic carbocycles. The molecule has 0 atom stereocenters. The molecule has 7 nitrogen and oxygen atoms in total. The average Bonchev–Trinajstić information content (AvgIpc) is 2.41. The zero-order valence-electron chi connectivity index (χ0n) is 9.61. The molecule has 2 N–H and O–H groups in total. The summed E-state index contributed by atoms with van der Waals surface area (Å²) in [5.74, 6) is 0.626. The Balaban J connectivity index is 2.31. The van der Waals surface area contributed by atoms with E-state index in [-0.39, 0.29) is 22.8 Å². The van der Waals surface area contributed by atoms with Crippen LogP contribution in [0.3, 0.4) is 0 Å². The summed E-state index contributed by atoms with van der Waals surface area (Å²) in [4.78, 5) is 13.9. The van der Waals surface area contributed by atoms with E-state index in [4.69, 9.17) is 15.7 Å². The average molecular weight is 256 g/mol. The summed E-state index contributed by atoms with van der Waals surface area (Å²) in [5, 5.41) is 19.5. The highest BCUT2D eigenvalue weighted by atomic mass is 16.6. The summed E-state index contributed by atoms with van der Waals surface area (Å²) in [6.45, 7) is 0. The van der Waals surface area contributed by atoms with Gasteiger partial charge in [0.2, 0.25) is 0 Å². The second-order valence-electron chi connectivity index (χ2n) is 3.57. The van der Waals surface area contributed by atoms with Gasteiger partial charge in [-0.05, 0) is 18.2 Å². The first-order valence-electron chi connectivity index (χ1n) is 5.18. The number of anilines is 1. The lowest BCUT2D eigenvalue weighted by atomic mass is 10.2. The molecule has 2 aromatic rings. The number of benzene rings is 1. The summed E-state index contributed by atoms with van der Waals surface area (Å²) < 4.78 is 5.42. The van der Waals surface area contributed by atoms with Crippen molar-refractivity contribution in [2.24, 2.45) is 0 Å². The summed E-state index contributed by atoms with van der Waals surface area (Å²) >= 11 is 0. The van der Waals surface area contributed by atoms with E-state index < -0.39 is 4.92 Å². The Bertz CT molecular complexity index is 679. The summed E-state index contributed by atoms with van der Waals surface area (Å²) in [6.07, 6.45) is 1.42. The number of nitriles is 1. The lowest BCUT2D eigenvalue weighted by molar-refractivity contribution is -0.384. The lowest BCUT2D eigenvalue weighted by Crippen LogP contribution is -1.96. The molecule has 2 rings (SSSR count). The van der Waals surface area contributed by atoms with Gasteiger partial charge in [-0.1, -0.05) is 0 Å². The molecule has 0 unspecified atom stereocenters. The van der Waals surface area contributed by atoms with Gasteiger partial charge in [0.05, 0.1) is 11.0 Å². The number of nitro benzene ring substituents is 1. The van der Waals surface area contributed by atoms with Gasteiger partial charge < -0.3 is 10.5 Å². The Morgan fingerprint density at radius 3 is 2.74 bits per heavy atom. The van der Waals surface area contributed by atoms with E-state index in [2.05, 4.69) is 4.98 Å². The smallest absolute Gasteiger partial charge is 0.295 e. The number of ether oxygens (including phenoxy) is 1. The number of nitrogen functional groups attached to an aromatic ring is 1. The van der Waals surface area contributed by atoms with Gasteiger partial charge >= 0.3 is 0 Å². The van der Waals surface area contributed by atoms with Crippen LogP contribution in [0.5, 0.6) is 11.5 Å². The monoisotopic (exact) mass is 256 g/mol. The van der Waals surface area contributed by atoms with Crippen molar-refractivity contribution in [3.63, 3.8) is 0 Å². The van der Waals surface area contributed by atoms with Crippen LogP contribution in [0.2, 0.25) is 0 Å². The van der Waals surface area contributed by atoms with Crippen molar-refractivity contribution >= 4 is 11.4 Å². The second kappa shape index (κ2) is 5.01. The number of nitrogens with two attached hydrogens (primary N) is 1. The molecule has 1 aromatic carbocycles. The third-order valence-electron chi connectivity index (χ3n) is 2.28. The Morgan fingerprint density at radius 1 is 1.32 bits per heavy atom. The first-order valence-corrected chi connectivity index (χ1v) is 5.18. The molecule has 0 aliphatic heterocycles. The maximum Gasteiger partial charge on any atom is 0.295 e. The van der Waals surface area contributed by atoms with Crippen LogP contribution in [-0.4, -0.2) is 9.91 Å². The van der Waals surface area contributed by atoms with Crippen LogP contribution in [0, 0.1) is 21.4 Å². The van der Waals surface area contributed by atoms with Gasteiger partial charge in [0, 0.05) is 12.3 Å². The van der Waals surface area contributed by atoms with E-state index in [0.29, 0.717) is 5.75 Å². The number of pyridine rings is 1. The highest BCUT2D eigenvalue weighted by Crippen LogP contribution is 2.29. The van der Waals surface area contributed by atoms with Gasteiger partial charge in [0.25, 0.3) is 5.69 Å². The highest BCUT2D eigenvalue weighted by molar-refractivity contribution is 5.61. The van der Waals surface area contributed by atoms with Crippen LogP contribution in [0.15, 0.2) is 36.5 Å². The van der Waals surface area contributed by atoms with Gasteiger partial charge in [0.15, 0.2) is 0 Å². The predicted molar refractivity (Wildman–Crippen MR) is 66.5 cm³/mol. The van der Waals surface area contributed by atoms with Gasteiger partial charge in [-0.3, -0.25) is 10.1 Å². The summed E-state index contributed by atoms with van der Waals surface area (Å²) in [6, 6.07) is 8.97. The molecule has 19 heavy (non-hydrogen) atoms. The Labute approximate surface area is 108 Å². The van der Waals surface area contributed by atoms with Crippen LogP contribution < -0.4 is 10.5 Å². The molecule has 1 aromatic heterocycles. The highest BCUT2D eigenvalue weighted by Gasteiger charge is 2.13. The van der Waals surface area contributed by atoms with E-state index in [9.17, 15) is 10.1 Å². The van der Waals surface area contributed by atoms with Gasteiger partial charge in [-0.15, -0.1) is 0 Å². The molecule has 0 saturated heterocycles. The number of nitro groups is 1. The third-order valence-corrected chi connectivity index (χ3v) is 2.28. The number of aromatic nitrogens is 1. The fourth-order valence-electron chi connectivity index (χ4n) is 1.42. The minimum Gasteiger partial charge on any atom is -0.457 e. The van der Waals surface area contributed by atoms with Crippen molar-refractivity contribution in [3.05, 3.63) is 52.3 Å². The van der Waals surface area contributed by atoms with Crippen LogP contribution in [0.25, 0.3) is 0 Å². The first kappa shape index (κ1) is 12.3. The quantitative estimate of drug-likeness (QED) is 0.511. The lowest BCUT2D eigenvalue weighted by Gasteiger charge is -2.06. The molecule has 0 bridgehead atoms. The fourth-order valence-corrected chi connectivity index (χ4v) is 1.42. The fraction of sp³-hybridized carbons (Fsp3) is 0. The zero-order valence-corrected chi connectivity index (χ0v) is 9.61. The topological polar surface area (TPSA) is 115 Å². The van der Waals surface area contributed by atoms with Crippen LogP contribution in [0.1, 0.15) is 5.69 Å². The normalized spacial score (nSPS) is 9.63. The molecule has 1 heterocycles. The molecule has 0 radical (unpaired) electrons. The van der Waals surface area contributed by atoms with Gasteiger partial charge in [-0.25, -0.2) is 4.98 Å². The molecular weight excluding hydrogens is 248 g/mol. The van der Waals surface area contributed by atoms with Crippen molar-refractivity contribution in [1.82, 2.24) is 4.98 Å². The van der Waals surface area contributed by atoms with Crippen LogP contribution in [-0.2, 0) is 0 Å². The van der Waals surface area contributed by atoms with Gasteiger partial charge in [0.1, 0.15) is 28.9 Å². The standard InChI is InChI=1S/C12H8N4O3/c13-7-8-5-10(3-4-15-8)19-9-1-2-11(14)12(6-9)16(17)18/h1-6H,14H2. The maximum absolute atomic E-state index is 10.7. The third kappa shape index (κ3) is 2.76. The van der Waals surface area contributed by atoms with E-state index in [0.717, 1.165) is 0 Å². The maximum atomic E-state index is 10.7. The van der Waals surface area contributed by atoms with E-state index >= 15 is 0 Å². The molecule has 0 spiro atoms. The van der Waals surface area contributed by atoms with Crippen LogP contribution >= 0.6 is 0 Å². The largest absolute Gasteiger partial charge is 0.457 e. The second-order valence-corrected chi connectivity index (χ2v) is 3.57. The van der Waals surface area contributed by atoms with E-state index in [1.54, 1.807) is 6.07 Å². The number of hydrogen-bond donors (Lipinski definition) is 1. The molecule has 0 amide bonds. The van der Waals surface area contributed by atoms with Crippen molar-refractivity contribution in [3.8, 4) is 17.6 Å². The summed E-state index contributed by atoms with van der Waals surface area (Å²) in [7, 11) is 0. The minimum atomic E-state index is -0.588. The Kier molecular flexibility index (Phi) is 3.25. The summed E-state index contributed by atoms with van der Waals surface area (Å²) in [5.41, 5.74) is 5.51. The van der Waals surface area contributed by atoms with Crippen molar-refractivity contribution < 1.29 is 9.66 Å². The SMILES string of the molecule is N#Cc1cc(Oc2ccc(N)c([N+](=O)[O-])c2)ccn1. The minimum absolute atomic E-state index is 0.0600. The van der Waals surface area contributed by atoms with Crippen LogP contribution in [0.4, 0.5) is 11.4 Å². The first-order chi connectivity index (χ1) is 9.10. The molecule has 7 heteroatoms. The van der Waals surface area contributed by atoms with Gasteiger partial charge in [-0.2, -0.15) is 5.26 Å². The molecule has 0 saturated carbocycles. The van der Waals surface area contributed by atoms with Crippen molar-refractivity contribution in [2.45, 2.75) is 0 Å². The number of nitrogens with zero attached hydrogens (tertiary/aromatic N) is 3. The molecular formula is C12H8N4O3. The molecule has 0 fully saturated rings. The Hall–Kier alpha value is -3.14. The zero-order chi connectivity index (χ0) is 13.8.